The van der Waals surface area contributed by atoms with Gasteiger partial charge in [-0.3, -0.25) is 9.48 Å². The van der Waals surface area contributed by atoms with Crippen LogP contribution in [0, 0.1) is 12.8 Å². The third-order valence-corrected chi connectivity index (χ3v) is 5.31. The lowest BCUT2D eigenvalue weighted by molar-refractivity contribution is -0.139. The molecule has 0 amide bonds. The second kappa shape index (κ2) is 5.18. The first-order chi connectivity index (χ1) is 11.1. The van der Waals surface area contributed by atoms with Gasteiger partial charge in [-0.15, -0.1) is 0 Å². The fraction of sp³-hybridized carbons (Fsp3) is 0.500. The van der Waals surface area contributed by atoms with Crippen molar-refractivity contribution in [3.8, 4) is 0 Å². The Balaban J connectivity index is 1.54. The lowest BCUT2D eigenvalue weighted by atomic mass is 9.89. The number of aryl methyl sites for hydroxylation is 2. The monoisotopic (exact) mass is 311 g/mol. The van der Waals surface area contributed by atoms with Gasteiger partial charge < -0.3 is 5.11 Å². The first-order valence-corrected chi connectivity index (χ1v) is 8.30. The van der Waals surface area contributed by atoms with E-state index in [4.69, 9.17) is 0 Å². The molecule has 2 fully saturated rings. The van der Waals surface area contributed by atoms with Gasteiger partial charge >= 0.3 is 5.97 Å². The molecular formula is C18H21N3O2. The molecule has 23 heavy (non-hydrogen) atoms. The summed E-state index contributed by atoms with van der Waals surface area (Å²) >= 11 is 0. The molecule has 5 nitrogen and oxygen atoms in total. The number of aliphatic carboxylic acids is 1. The van der Waals surface area contributed by atoms with Crippen molar-refractivity contribution in [2.75, 3.05) is 0 Å². The van der Waals surface area contributed by atoms with Gasteiger partial charge in [-0.1, -0.05) is 30.3 Å². The largest absolute Gasteiger partial charge is 0.481 e. The molecule has 0 spiro atoms. The van der Waals surface area contributed by atoms with Gasteiger partial charge in [0.2, 0.25) is 0 Å². The summed E-state index contributed by atoms with van der Waals surface area (Å²) < 4.78 is 1.95. The van der Waals surface area contributed by atoms with Crippen molar-refractivity contribution in [3.63, 3.8) is 0 Å². The zero-order valence-corrected chi connectivity index (χ0v) is 13.3. The molecule has 5 heteroatoms. The number of carboxylic acid groups (broad SMARTS) is 1. The minimum Gasteiger partial charge on any atom is -0.481 e. The molecule has 0 bridgehead atoms. The fourth-order valence-electron chi connectivity index (χ4n) is 3.61. The Morgan fingerprint density at radius 2 is 2.09 bits per heavy atom. The Bertz CT molecular complexity index is 736. The summed E-state index contributed by atoms with van der Waals surface area (Å²) in [7, 11) is 0. The summed E-state index contributed by atoms with van der Waals surface area (Å²) in [5.41, 5.74) is 0.887. The van der Waals surface area contributed by atoms with E-state index in [1.165, 1.54) is 12.8 Å². The number of carbonyl (C=O) groups is 1. The highest BCUT2D eigenvalue weighted by molar-refractivity contribution is 5.77. The molecule has 2 saturated carbocycles. The van der Waals surface area contributed by atoms with Crippen molar-refractivity contribution in [2.24, 2.45) is 5.92 Å². The van der Waals surface area contributed by atoms with Gasteiger partial charge in [-0.05, 0) is 38.2 Å². The quantitative estimate of drug-likeness (QED) is 0.890. The van der Waals surface area contributed by atoms with Gasteiger partial charge in [0.15, 0.2) is 5.82 Å². The molecule has 0 unspecified atom stereocenters. The normalized spacial score (nSPS) is 26.2. The molecule has 0 aliphatic heterocycles. The Labute approximate surface area is 135 Å². The van der Waals surface area contributed by atoms with E-state index in [0.29, 0.717) is 5.92 Å². The zero-order chi connectivity index (χ0) is 16.0. The van der Waals surface area contributed by atoms with E-state index in [1.54, 1.807) is 0 Å². The highest BCUT2D eigenvalue weighted by Gasteiger charge is 2.59. The molecule has 0 radical (unpaired) electrons. The first-order valence-electron chi connectivity index (χ1n) is 8.30. The number of nitrogens with zero attached hydrogens (tertiary/aromatic N) is 3. The number of hydrogen-bond donors (Lipinski definition) is 1. The van der Waals surface area contributed by atoms with Crippen LogP contribution >= 0.6 is 0 Å². The number of carboxylic acids is 1. The second-order valence-electron chi connectivity index (χ2n) is 6.88. The molecular weight excluding hydrogens is 290 g/mol. The van der Waals surface area contributed by atoms with Gasteiger partial charge in [0.05, 0.1) is 5.92 Å². The van der Waals surface area contributed by atoms with Crippen molar-refractivity contribution in [3.05, 3.63) is 47.5 Å². The van der Waals surface area contributed by atoms with Crippen LogP contribution in [-0.4, -0.2) is 25.8 Å². The summed E-state index contributed by atoms with van der Waals surface area (Å²) in [5, 5.41) is 14.1. The molecule has 4 rings (SSSR count). The van der Waals surface area contributed by atoms with E-state index in [-0.39, 0.29) is 11.3 Å². The summed E-state index contributed by atoms with van der Waals surface area (Å²) in [6, 6.07) is 10.0. The maximum absolute atomic E-state index is 11.5. The standard InChI is InChI=1S/C18H21N3O2/c1-12-19-16(13-7-8-13)20-21(12)10-9-18(11-15(18)17(22)23)14-5-3-2-4-6-14/h2-6,13,15H,7-11H2,1H3,(H,22,23)/t15-,18-/m0/s1. The van der Waals surface area contributed by atoms with Crippen molar-refractivity contribution < 1.29 is 9.90 Å². The minimum absolute atomic E-state index is 0.245. The molecule has 0 saturated heterocycles. The molecule has 1 aromatic carbocycles. The van der Waals surface area contributed by atoms with E-state index in [0.717, 1.165) is 36.6 Å². The summed E-state index contributed by atoms with van der Waals surface area (Å²) in [6.45, 7) is 2.71. The minimum atomic E-state index is -0.692. The number of hydrogen-bond acceptors (Lipinski definition) is 3. The van der Waals surface area contributed by atoms with Crippen molar-refractivity contribution >= 4 is 5.97 Å². The van der Waals surface area contributed by atoms with Gasteiger partial charge in [-0.2, -0.15) is 5.10 Å². The van der Waals surface area contributed by atoms with Crippen LogP contribution in [-0.2, 0) is 16.8 Å². The van der Waals surface area contributed by atoms with E-state index in [2.05, 4.69) is 10.1 Å². The van der Waals surface area contributed by atoms with Gasteiger partial charge in [0, 0.05) is 17.9 Å². The maximum atomic E-state index is 11.5. The first kappa shape index (κ1) is 14.4. The van der Waals surface area contributed by atoms with Gasteiger partial charge in [-0.25, -0.2) is 4.98 Å². The van der Waals surface area contributed by atoms with Gasteiger partial charge in [0.1, 0.15) is 5.82 Å². The predicted molar refractivity (Wildman–Crippen MR) is 85.2 cm³/mol. The Morgan fingerprint density at radius 1 is 1.35 bits per heavy atom. The summed E-state index contributed by atoms with van der Waals surface area (Å²) in [6.07, 6.45) is 3.90. The zero-order valence-electron chi connectivity index (χ0n) is 13.3. The molecule has 120 valence electrons. The summed E-state index contributed by atoms with van der Waals surface area (Å²) in [4.78, 5) is 16.1. The smallest absolute Gasteiger partial charge is 0.307 e. The van der Waals surface area contributed by atoms with Crippen LogP contribution in [0.2, 0.25) is 0 Å². The lowest BCUT2D eigenvalue weighted by Gasteiger charge is -2.17. The molecule has 2 aliphatic rings. The lowest BCUT2D eigenvalue weighted by Crippen LogP contribution is -2.18. The van der Waals surface area contributed by atoms with Crippen LogP contribution in [0.25, 0.3) is 0 Å². The maximum Gasteiger partial charge on any atom is 0.307 e. The topological polar surface area (TPSA) is 68.0 Å². The van der Waals surface area contributed by atoms with Crippen molar-refractivity contribution in [1.29, 1.82) is 0 Å². The third kappa shape index (κ3) is 2.54. The second-order valence-corrected chi connectivity index (χ2v) is 6.88. The molecule has 1 heterocycles. The average Bonchev–Trinajstić information content (AvgIpc) is 3.45. The Kier molecular flexibility index (Phi) is 3.25. The number of rotatable bonds is 6. The van der Waals surface area contributed by atoms with Crippen molar-refractivity contribution in [1.82, 2.24) is 14.8 Å². The third-order valence-electron chi connectivity index (χ3n) is 5.31. The molecule has 2 aromatic rings. The van der Waals surface area contributed by atoms with Crippen LogP contribution in [0.4, 0.5) is 0 Å². The van der Waals surface area contributed by atoms with Gasteiger partial charge in [0.25, 0.3) is 0 Å². The van der Waals surface area contributed by atoms with E-state index >= 15 is 0 Å². The van der Waals surface area contributed by atoms with E-state index < -0.39 is 5.97 Å². The average molecular weight is 311 g/mol. The van der Waals surface area contributed by atoms with Crippen molar-refractivity contribution in [2.45, 2.75) is 50.5 Å². The van der Waals surface area contributed by atoms with Crippen LogP contribution in [0.3, 0.4) is 0 Å². The number of aromatic nitrogens is 3. The Hall–Kier alpha value is -2.17. The molecule has 2 atom stereocenters. The van der Waals surface area contributed by atoms with E-state index in [1.807, 2.05) is 41.9 Å². The van der Waals surface area contributed by atoms with Crippen LogP contribution in [0.5, 0.6) is 0 Å². The summed E-state index contributed by atoms with van der Waals surface area (Å²) in [5.74, 6) is 1.47. The molecule has 2 aliphatic carbocycles. The SMILES string of the molecule is Cc1nc(C2CC2)nn1CC[C@@]1(c2ccccc2)C[C@H]1C(=O)O. The van der Waals surface area contributed by atoms with Crippen LogP contribution < -0.4 is 0 Å². The molecule has 1 N–H and O–H groups in total. The van der Waals surface area contributed by atoms with Crippen LogP contribution in [0.15, 0.2) is 30.3 Å². The van der Waals surface area contributed by atoms with E-state index in [9.17, 15) is 9.90 Å². The molecule has 1 aromatic heterocycles. The van der Waals surface area contributed by atoms with Crippen LogP contribution in [0.1, 0.15) is 48.8 Å². The Morgan fingerprint density at radius 3 is 2.70 bits per heavy atom. The number of benzene rings is 1. The highest BCUT2D eigenvalue weighted by Crippen LogP contribution is 2.57. The predicted octanol–water partition coefficient (Wildman–Crippen LogP) is 2.90. The fourth-order valence-corrected chi connectivity index (χ4v) is 3.61. The highest BCUT2D eigenvalue weighted by atomic mass is 16.4.